The van der Waals surface area contributed by atoms with E-state index in [0.717, 1.165) is 0 Å². The summed E-state index contributed by atoms with van der Waals surface area (Å²) < 4.78 is 39.4. The van der Waals surface area contributed by atoms with Crippen LogP contribution in [0, 0.1) is 3.70 Å². The smallest absolute Gasteiger partial charge is 0.420 e. The van der Waals surface area contributed by atoms with E-state index in [1.165, 1.54) is 0 Å². The van der Waals surface area contributed by atoms with E-state index in [4.69, 9.17) is 11.6 Å². The molecule has 0 aromatic carbocycles. The summed E-state index contributed by atoms with van der Waals surface area (Å²) in [5.41, 5.74) is 0. The predicted molar refractivity (Wildman–Crippen MR) is 39.2 cm³/mol. The van der Waals surface area contributed by atoms with Gasteiger partial charge >= 0.3 is 12.1 Å². The number of nitrogens with zero attached hydrogens (tertiary/aromatic N) is 1. The first-order chi connectivity index (χ1) is 4.91. The normalized spacial score (nSPS) is 12.1. The van der Waals surface area contributed by atoms with Crippen molar-refractivity contribution in [2.24, 2.45) is 0 Å². The molecule has 0 aliphatic carbocycles. The Kier molecular flexibility index (Phi) is 2.33. The molecule has 1 aromatic rings. The summed E-state index contributed by atoms with van der Waals surface area (Å²) in [6.07, 6.45) is -4.56. The highest BCUT2D eigenvalue weighted by Crippen LogP contribution is 2.31. The number of halogens is 5. The number of hydrogen-bond donors (Lipinski definition) is 0. The van der Waals surface area contributed by atoms with E-state index in [1.54, 1.807) is 22.6 Å². The molecule has 0 radical (unpaired) electrons. The number of hydrogen-bond acceptors (Lipinski definition) is 2. The van der Waals surface area contributed by atoms with Crippen molar-refractivity contribution in [3.05, 3.63) is 14.8 Å². The molecule has 0 saturated carbocycles. The van der Waals surface area contributed by atoms with Gasteiger partial charge in [-0.05, 0) is 34.2 Å². The zero-order valence-corrected chi connectivity index (χ0v) is 7.66. The van der Waals surface area contributed by atoms with Crippen LogP contribution in [0.25, 0.3) is 0 Å². The highest BCUT2D eigenvalue weighted by atomic mass is 127. The fraction of sp³-hybridized carbons (Fsp3) is 0.250. The minimum atomic E-state index is -4.56. The maximum Gasteiger partial charge on any atom is 0.469 e. The van der Waals surface area contributed by atoms with Crippen molar-refractivity contribution in [3.63, 3.8) is 0 Å². The van der Waals surface area contributed by atoms with E-state index in [1.807, 2.05) is 0 Å². The van der Waals surface area contributed by atoms with Crippen LogP contribution in [-0.2, 0) is 6.18 Å². The van der Waals surface area contributed by atoms with Crippen molar-refractivity contribution in [2.75, 3.05) is 0 Å². The van der Waals surface area contributed by atoms with Crippen molar-refractivity contribution < 1.29 is 17.6 Å². The molecule has 62 valence electrons. The van der Waals surface area contributed by atoms with Crippen molar-refractivity contribution in [2.45, 2.75) is 6.18 Å². The highest BCUT2D eigenvalue weighted by molar-refractivity contribution is 14.1. The fourth-order valence-corrected chi connectivity index (χ4v) is 0.849. The molecule has 2 nitrogen and oxygen atoms in total. The van der Waals surface area contributed by atoms with E-state index in [-0.39, 0.29) is 8.92 Å². The van der Waals surface area contributed by atoms with Gasteiger partial charge in [0.2, 0.25) is 5.22 Å². The van der Waals surface area contributed by atoms with Crippen LogP contribution < -0.4 is 0 Å². The Morgan fingerprint density at radius 1 is 1.45 bits per heavy atom. The Bertz CT molecular complexity index is 251. The third kappa shape index (κ3) is 1.98. The Morgan fingerprint density at radius 3 is 2.18 bits per heavy atom. The molecule has 0 spiro atoms. The Labute approximate surface area is 77.9 Å². The molecule has 0 aliphatic heterocycles. The summed E-state index contributed by atoms with van der Waals surface area (Å²) in [5, 5.41) is -0.335. The lowest BCUT2D eigenvalue weighted by atomic mass is 10.7. The summed E-state index contributed by atoms with van der Waals surface area (Å²) in [7, 11) is 0. The molecule has 0 aliphatic rings. The third-order valence-electron chi connectivity index (χ3n) is 0.791. The average Bonchev–Trinajstić information content (AvgIpc) is 2.11. The van der Waals surface area contributed by atoms with Gasteiger partial charge < -0.3 is 4.42 Å². The SMILES string of the molecule is FC(F)(F)c1nc(I)c(Cl)o1. The Hall–Kier alpha value is 0.0200. The van der Waals surface area contributed by atoms with Gasteiger partial charge in [0.1, 0.15) is 0 Å². The quantitative estimate of drug-likeness (QED) is 0.688. The second-order valence-electron chi connectivity index (χ2n) is 1.58. The van der Waals surface area contributed by atoms with Crippen LogP contribution in [0.4, 0.5) is 13.2 Å². The largest absolute Gasteiger partial charge is 0.469 e. The molecule has 0 saturated heterocycles. The monoisotopic (exact) mass is 297 g/mol. The van der Waals surface area contributed by atoms with Gasteiger partial charge in [-0.25, -0.2) is 0 Å². The molecule has 0 unspecified atom stereocenters. The van der Waals surface area contributed by atoms with E-state index in [0.29, 0.717) is 0 Å². The highest BCUT2D eigenvalue weighted by Gasteiger charge is 2.38. The molecule has 7 heteroatoms. The predicted octanol–water partition coefficient (Wildman–Crippen LogP) is 2.95. The number of aromatic nitrogens is 1. The van der Waals surface area contributed by atoms with Crippen LogP contribution in [0.1, 0.15) is 5.89 Å². The molecular weight excluding hydrogens is 297 g/mol. The molecule has 11 heavy (non-hydrogen) atoms. The topological polar surface area (TPSA) is 26.0 Å². The van der Waals surface area contributed by atoms with Gasteiger partial charge in [0, 0.05) is 0 Å². The maximum absolute atomic E-state index is 11.8. The standard InChI is InChI=1S/C4ClF3INO/c5-1-2(9)10-3(11-1)4(6,7)8. The summed E-state index contributed by atoms with van der Waals surface area (Å²) in [6, 6.07) is 0. The first-order valence-electron chi connectivity index (χ1n) is 2.30. The average molecular weight is 297 g/mol. The van der Waals surface area contributed by atoms with Crippen LogP contribution in [0.3, 0.4) is 0 Å². The number of rotatable bonds is 0. The van der Waals surface area contributed by atoms with Crippen LogP contribution in [0.15, 0.2) is 4.42 Å². The van der Waals surface area contributed by atoms with E-state index in [9.17, 15) is 13.2 Å². The van der Waals surface area contributed by atoms with Gasteiger partial charge in [-0.3, -0.25) is 0 Å². The van der Waals surface area contributed by atoms with E-state index < -0.39 is 12.1 Å². The molecule has 1 heterocycles. The first kappa shape index (κ1) is 9.11. The van der Waals surface area contributed by atoms with Gasteiger partial charge in [0.25, 0.3) is 0 Å². The van der Waals surface area contributed by atoms with Crippen LogP contribution >= 0.6 is 34.2 Å². The minimum Gasteiger partial charge on any atom is -0.420 e. The van der Waals surface area contributed by atoms with E-state index >= 15 is 0 Å². The lowest BCUT2D eigenvalue weighted by molar-refractivity contribution is -0.157. The molecule has 0 N–H and O–H groups in total. The molecule has 1 rings (SSSR count). The molecule has 0 amide bonds. The fourth-order valence-electron chi connectivity index (χ4n) is 0.404. The maximum atomic E-state index is 11.8. The van der Waals surface area contributed by atoms with Crippen LogP contribution in [-0.4, -0.2) is 4.98 Å². The summed E-state index contributed by atoms with van der Waals surface area (Å²) >= 11 is 6.75. The van der Waals surface area contributed by atoms with Crippen molar-refractivity contribution in [1.29, 1.82) is 0 Å². The minimum absolute atomic E-state index is 0.0107. The molecule has 0 fully saturated rings. The van der Waals surface area contributed by atoms with Crippen molar-refractivity contribution >= 4 is 34.2 Å². The Morgan fingerprint density at radius 2 is 2.00 bits per heavy atom. The molecule has 0 atom stereocenters. The second-order valence-corrected chi connectivity index (χ2v) is 2.95. The number of alkyl halides is 3. The van der Waals surface area contributed by atoms with Gasteiger partial charge in [-0.2, -0.15) is 18.2 Å². The molecular formula is C4ClF3INO. The van der Waals surface area contributed by atoms with Crippen molar-refractivity contribution in [1.82, 2.24) is 4.98 Å². The zero-order chi connectivity index (χ0) is 8.65. The first-order valence-corrected chi connectivity index (χ1v) is 3.76. The number of oxazole rings is 1. The van der Waals surface area contributed by atoms with Crippen LogP contribution in [0.2, 0.25) is 5.22 Å². The van der Waals surface area contributed by atoms with Gasteiger partial charge in [-0.1, -0.05) is 0 Å². The summed E-state index contributed by atoms with van der Waals surface area (Å²) in [5.74, 6) is -1.31. The van der Waals surface area contributed by atoms with Crippen LogP contribution in [0.5, 0.6) is 0 Å². The van der Waals surface area contributed by atoms with Gasteiger partial charge in [0.05, 0.1) is 0 Å². The molecule has 0 bridgehead atoms. The Balaban J connectivity index is 3.08. The van der Waals surface area contributed by atoms with Gasteiger partial charge in [0.15, 0.2) is 3.70 Å². The van der Waals surface area contributed by atoms with Gasteiger partial charge in [-0.15, -0.1) is 0 Å². The summed E-state index contributed by atoms with van der Waals surface area (Å²) in [4.78, 5) is 3.04. The lowest BCUT2D eigenvalue weighted by Gasteiger charge is -1.96. The zero-order valence-electron chi connectivity index (χ0n) is 4.75. The van der Waals surface area contributed by atoms with E-state index in [2.05, 4.69) is 9.40 Å². The van der Waals surface area contributed by atoms with Crippen molar-refractivity contribution in [3.8, 4) is 0 Å². The lowest BCUT2D eigenvalue weighted by Crippen LogP contribution is -2.04. The third-order valence-corrected chi connectivity index (χ3v) is 2.10. The second kappa shape index (κ2) is 2.81. The molecule has 1 aromatic heterocycles. The summed E-state index contributed by atoms with van der Waals surface area (Å²) in [6.45, 7) is 0.